The first-order chi connectivity index (χ1) is 14.7. The number of sulfonamides is 1. The summed E-state index contributed by atoms with van der Waals surface area (Å²) < 4.78 is 41.4. The highest BCUT2D eigenvalue weighted by atomic mass is 32.2. The van der Waals surface area contributed by atoms with Crippen molar-refractivity contribution in [3.8, 4) is 0 Å². The maximum Gasteiger partial charge on any atom is 0.309 e. The number of halogens is 1. The lowest BCUT2D eigenvalue weighted by molar-refractivity contribution is -0.139. The Kier molecular flexibility index (Phi) is 7.07. The van der Waals surface area contributed by atoms with Crippen molar-refractivity contribution in [1.82, 2.24) is 14.9 Å². The fourth-order valence-electron chi connectivity index (χ4n) is 3.63. The number of carbonyl (C=O) groups excluding carboxylic acids is 2. The van der Waals surface area contributed by atoms with Crippen LogP contribution in [-0.2, 0) is 26.2 Å². The van der Waals surface area contributed by atoms with Gasteiger partial charge in [0.1, 0.15) is 5.82 Å². The van der Waals surface area contributed by atoms with Gasteiger partial charge in [-0.15, -0.1) is 0 Å². The lowest BCUT2D eigenvalue weighted by Gasteiger charge is -2.25. The van der Waals surface area contributed by atoms with Crippen LogP contribution in [-0.4, -0.2) is 43.7 Å². The molecule has 2 N–H and O–H groups in total. The monoisotopic (exact) mass is 447 g/mol. The van der Waals surface area contributed by atoms with Crippen LogP contribution >= 0.6 is 0 Å². The smallest absolute Gasteiger partial charge is 0.309 e. The highest BCUT2D eigenvalue weighted by molar-refractivity contribution is 7.89. The SMILES string of the molecule is Cc1ccc(C)c(S(=O)(=O)N2CCC[C@@H]2CNC(=O)C(=O)NCc2ccccc2F)c1. The van der Waals surface area contributed by atoms with Gasteiger partial charge in [0.05, 0.1) is 4.90 Å². The van der Waals surface area contributed by atoms with Crippen molar-refractivity contribution in [1.29, 1.82) is 0 Å². The molecule has 0 spiro atoms. The number of aryl methyl sites for hydroxylation is 2. The number of amides is 2. The van der Waals surface area contributed by atoms with Gasteiger partial charge in [-0.05, 0) is 49.9 Å². The second kappa shape index (κ2) is 9.57. The average molecular weight is 448 g/mol. The zero-order valence-electron chi connectivity index (χ0n) is 17.5. The summed E-state index contributed by atoms with van der Waals surface area (Å²) in [6.07, 6.45) is 1.26. The average Bonchev–Trinajstić information content (AvgIpc) is 3.22. The first kappa shape index (κ1) is 22.9. The van der Waals surface area contributed by atoms with E-state index in [0.29, 0.717) is 24.9 Å². The van der Waals surface area contributed by atoms with Crippen molar-refractivity contribution in [3.63, 3.8) is 0 Å². The van der Waals surface area contributed by atoms with Crippen LogP contribution in [0.5, 0.6) is 0 Å². The Morgan fingerprint density at radius 2 is 1.81 bits per heavy atom. The highest BCUT2D eigenvalue weighted by Crippen LogP contribution is 2.28. The number of hydrogen-bond acceptors (Lipinski definition) is 4. The molecule has 1 fully saturated rings. The zero-order valence-corrected chi connectivity index (χ0v) is 18.3. The highest BCUT2D eigenvalue weighted by Gasteiger charge is 2.36. The van der Waals surface area contributed by atoms with Gasteiger partial charge in [-0.1, -0.05) is 30.3 Å². The van der Waals surface area contributed by atoms with E-state index in [-0.39, 0.29) is 23.5 Å². The Bertz CT molecular complexity index is 1090. The Morgan fingerprint density at radius 1 is 1.10 bits per heavy atom. The molecular formula is C22H26FN3O4S. The van der Waals surface area contributed by atoms with E-state index in [2.05, 4.69) is 10.6 Å². The summed E-state index contributed by atoms with van der Waals surface area (Å²) in [7, 11) is -3.72. The van der Waals surface area contributed by atoms with Gasteiger partial charge in [0.15, 0.2) is 0 Å². The topological polar surface area (TPSA) is 95.6 Å². The molecule has 7 nitrogen and oxygen atoms in total. The van der Waals surface area contributed by atoms with Crippen molar-refractivity contribution in [2.75, 3.05) is 13.1 Å². The summed E-state index contributed by atoms with van der Waals surface area (Å²) >= 11 is 0. The molecule has 0 aliphatic carbocycles. The molecule has 1 atom stereocenters. The second-order valence-corrected chi connectivity index (χ2v) is 9.52. The van der Waals surface area contributed by atoms with Gasteiger partial charge < -0.3 is 10.6 Å². The molecule has 0 saturated carbocycles. The number of nitrogens with zero attached hydrogens (tertiary/aromatic N) is 1. The van der Waals surface area contributed by atoms with Crippen LogP contribution in [0.2, 0.25) is 0 Å². The van der Waals surface area contributed by atoms with Crippen LogP contribution in [0.15, 0.2) is 47.4 Å². The first-order valence-electron chi connectivity index (χ1n) is 10.1. The predicted molar refractivity (Wildman–Crippen MR) is 114 cm³/mol. The molecule has 2 aromatic carbocycles. The predicted octanol–water partition coefficient (Wildman–Crippen LogP) is 2.03. The molecule has 0 unspecified atom stereocenters. The summed E-state index contributed by atoms with van der Waals surface area (Å²) in [6, 6.07) is 10.8. The molecule has 1 heterocycles. The van der Waals surface area contributed by atoms with Gasteiger partial charge in [-0.2, -0.15) is 4.31 Å². The molecule has 2 amide bonds. The van der Waals surface area contributed by atoms with Gasteiger partial charge >= 0.3 is 11.8 Å². The fraction of sp³-hybridized carbons (Fsp3) is 0.364. The first-order valence-corrected chi connectivity index (χ1v) is 11.5. The Morgan fingerprint density at radius 3 is 2.55 bits per heavy atom. The largest absolute Gasteiger partial charge is 0.346 e. The summed E-state index contributed by atoms with van der Waals surface area (Å²) in [4.78, 5) is 24.4. The van der Waals surface area contributed by atoms with Gasteiger partial charge in [-0.25, -0.2) is 12.8 Å². The van der Waals surface area contributed by atoms with E-state index < -0.39 is 33.7 Å². The molecular weight excluding hydrogens is 421 g/mol. The van der Waals surface area contributed by atoms with Crippen LogP contribution in [0.1, 0.15) is 29.5 Å². The van der Waals surface area contributed by atoms with E-state index in [1.165, 1.54) is 22.5 Å². The van der Waals surface area contributed by atoms with E-state index >= 15 is 0 Å². The van der Waals surface area contributed by atoms with Crippen LogP contribution < -0.4 is 10.6 Å². The maximum atomic E-state index is 13.6. The molecule has 1 aliphatic rings. The standard InChI is InChI=1S/C22H26FN3O4S/c1-15-9-10-16(2)20(12-15)31(29,30)26-11-5-7-18(26)14-25-22(28)21(27)24-13-17-6-3-4-8-19(17)23/h3-4,6,8-10,12,18H,5,7,11,13-14H2,1-2H3,(H,24,27)(H,25,28)/t18-/m1/s1. The fourth-order valence-corrected chi connectivity index (χ4v) is 5.63. The van der Waals surface area contributed by atoms with Crippen LogP contribution in [0.3, 0.4) is 0 Å². The van der Waals surface area contributed by atoms with E-state index in [1.807, 2.05) is 13.0 Å². The minimum absolute atomic E-state index is 0.0239. The van der Waals surface area contributed by atoms with Crippen molar-refractivity contribution in [2.24, 2.45) is 0 Å². The van der Waals surface area contributed by atoms with E-state index in [9.17, 15) is 22.4 Å². The quantitative estimate of drug-likeness (QED) is 0.663. The van der Waals surface area contributed by atoms with Crippen molar-refractivity contribution in [2.45, 2.75) is 44.2 Å². The van der Waals surface area contributed by atoms with Crippen LogP contribution in [0.25, 0.3) is 0 Å². The summed E-state index contributed by atoms with van der Waals surface area (Å²) in [5, 5.41) is 4.88. The molecule has 31 heavy (non-hydrogen) atoms. The molecule has 9 heteroatoms. The normalized spacial score (nSPS) is 16.8. The number of rotatable bonds is 6. The maximum absolute atomic E-state index is 13.6. The lowest BCUT2D eigenvalue weighted by Crippen LogP contribution is -2.47. The number of nitrogens with one attached hydrogen (secondary N) is 2. The molecule has 2 aromatic rings. The Balaban J connectivity index is 1.60. The third-order valence-electron chi connectivity index (χ3n) is 5.36. The number of benzene rings is 2. The molecule has 166 valence electrons. The Labute approximate surface area is 181 Å². The van der Waals surface area contributed by atoms with Gasteiger partial charge in [-0.3, -0.25) is 9.59 Å². The van der Waals surface area contributed by atoms with Gasteiger partial charge in [0.25, 0.3) is 0 Å². The summed E-state index contributed by atoms with van der Waals surface area (Å²) in [5.74, 6) is -2.25. The minimum Gasteiger partial charge on any atom is -0.346 e. The van der Waals surface area contributed by atoms with Gasteiger partial charge in [0, 0.05) is 31.2 Å². The zero-order chi connectivity index (χ0) is 22.6. The molecule has 0 bridgehead atoms. The third-order valence-corrected chi connectivity index (χ3v) is 7.45. The van der Waals surface area contributed by atoms with Crippen LogP contribution in [0, 0.1) is 19.7 Å². The minimum atomic E-state index is -3.72. The van der Waals surface area contributed by atoms with E-state index in [1.54, 1.807) is 25.1 Å². The Hall–Kier alpha value is -2.78. The molecule has 1 saturated heterocycles. The van der Waals surface area contributed by atoms with Crippen molar-refractivity contribution in [3.05, 3.63) is 65.0 Å². The van der Waals surface area contributed by atoms with Crippen molar-refractivity contribution >= 4 is 21.8 Å². The number of carbonyl (C=O) groups is 2. The third kappa shape index (κ3) is 5.29. The summed E-state index contributed by atoms with van der Waals surface area (Å²) in [5.41, 5.74) is 1.78. The van der Waals surface area contributed by atoms with Gasteiger partial charge in [0.2, 0.25) is 10.0 Å². The van der Waals surface area contributed by atoms with Crippen molar-refractivity contribution < 1.29 is 22.4 Å². The molecule has 0 radical (unpaired) electrons. The lowest BCUT2D eigenvalue weighted by atomic mass is 10.2. The number of hydrogen-bond donors (Lipinski definition) is 2. The second-order valence-electron chi connectivity index (χ2n) is 7.66. The van der Waals surface area contributed by atoms with Crippen LogP contribution in [0.4, 0.5) is 4.39 Å². The summed E-state index contributed by atoms with van der Waals surface area (Å²) in [6.45, 7) is 3.85. The van der Waals surface area contributed by atoms with E-state index in [4.69, 9.17) is 0 Å². The molecule has 1 aliphatic heterocycles. The molecule has 0 aromatic heterocycles. The van der Waals surface area contributed by atoms with E-state index in [0.717, 1.165) is 5.56 Å². The molecule has 3 rings (SSSR count).